The molecule has 2 aliphatic rings. The number of aromatic nitrogens is 3. The van der Waals surface area contributed by atoms with Crippen molar-refractivity contribution in [3.8, 4) is 101 Å². The van der Waals surface area contributed by atoms with Crippen LogP contribution < -0.4 is 0 Å². The fourth-order valence-electron chi connectivity index (χ4n) is 10.6. The first-order valence-electron chi connectivity index (χ1n) is 23.3. The predicted octanol–water partition coefficient (Wildman–Crippen LogP) is 16.4. The highest BCUT2D eigenvalue weighted by atomic mass is 15.0. The normalized spacial score (nSPS) is 13.6. The van der Waals surface area contributed by atoms with Gasteiger partial charge in [0.2, 0.25) is 0 Å². The van der Waals surface area contributed by atoms with Crippen LogP contribution >= 0.6 is 0 Å². The maximum atomic E-state index is 5.14. The quantitative estimate of drug-likeness (QED) is 0.153. The molecule has 3 nitrogen and oxygen atoms in total. The van der Waals surface area contributed by atoms with Gasteiger partial charge in [0.15, 0.2) is 17.5 Å². The molecule has 66 heavy (non-hydrogen) atoms. The summed E-state index contributed by atoms with van der Waals surface area (Å²) >= 11 is 0. The summed E-state index contributed by atoms with van der Waals surface area (Å²) in [5.41, 5.74) is 20.6. The molecule has 0 unspecified atom stereocenters. The third-order valence-corrected chi connectivity index (χ3v) is 13.9. The van der Waals surface area contributed by atoms with E-state index in [1.807, 2.05) is 12.1 Å². The van der Waals surface area contributed by atoms with Crippen molar-refractivity contribution < 1.29 is 0 Å². The third-order valence-electron chi connectivity index (χ3n) is 13.9. The van der Waals surface area contributed by atoms with E-state index in [1.54, 1.807) is 0 Å². The van der Waals surface area contributed by atoms with E-state index in [2.05, 4.69) is 212 Å². The number of rotatable bonds is 8. The van der Waals surface area contributed by atoms with E-state index in [0.717, 1.165) is 50.1 Å². The summed E-state index contributed by atoms with van der Waals surface area (Å²) < 4.78 is 0. The Bertz CT molecular complexity index is 3280. The molecule has 0 radical (unpaired) electrons. The summed E-state index contributed by atoms with van der Waals surface area (Å²) in [5, 5.41) is 0. The molecule has 0 N–H and O–H groups in total. The van der Waals surface area contributed by atoms with E-state index in [4.69, 9.17) is 15.0 Å². The van der Waals surface area contributed by atoms with Gasteiger partial charge in [-0.2, -0.15) is 0 Å². The average molecular weight is 846 g/mol. The molecule has 1 aromatic heterocycles. The van der Waals surface area contributed by atoms with Gasteiger partial charge in [0.05, 0.1) is 0 Å². The Hall–Kier alpha value is -8.01. The summed E-state index contributed by atoms with van der Waals surface area (Å²) in [7, 11) is 0. The lowest BCUT2D eigenvalue weighted by atomic mass is 9.67. The second kappa shape index (κ2) is 16.8. The average Bonchev–Trinajstić information content (AvgIpc) is 3.66. The van der Waals surface area contributed by atoms with E-state index < -0.39 is 0 Å². The van der Waals surface area contributed by atoms with Crippen molar-refractivity contribution in [3.05, 3.63) is 236 Å². The van der Waals surface area contributed by atoms with E-state index >= 15 is 0 Å². The highest BCUT2D eigenvalue weighted by Gasteiger charge is 2.43. The van der Waals surface area contributed by atoms with Crippen LogP contribution in [-0.4, -0.2) is 15.0 Å². The minimum absolute atomic E-state index is 0.138. The van der Waals surface area contributed by atoms with Gasteiger partial charge in [0.1, 0.15) is 0 Å². The molecule has 1 saturated carbocycles. The Morgan fingerprint density at radius 2 is 0.591 bits per heavy atom. The van der Waals surface area contributed by atoms with Crippen LogP contribution in [0.1, 0.15) is 43.2 Å². The van der Waals surface area contributed by atoms with Gasteiger partial charge in [-0.3, -0.25) is 0 Å². The molecular weight excluding hydrogens is 799 g/mol. The molecule has 0 aliphatic heterocycles. The summed E-state index contributed by atoms with van der Waals surface area (Å²) in [4.78, 5) is 15.4. The molecule has 9 aromatic carbocycles. The van der Waals surface area contributed by atoms with Gasteiger partial charge < -0.3 is 0 Å². The minimum Gasteiger partial charge on any atom is -0.208 e. The third kappa shape index (κ3) is 7.33. The van der Waals surface area contributed by atoms with Crippen molar-refractivity contribution >= 4 is 0 Å². The van der Waals surface area contributed by atoms with Crippen molar-refractivity contribution in [3.63, 3.8) is 0 Å². The molecule has 1 heterocycles. The number of fused-ring (bicyclic) bond motifs is 5. The number of hydrogen-bond acceptors (Lipinski definition) is 3. The molecule has 0 amide bonds. The fourth-order valence-corrected chi connectivity index (χ4v) is 10.6. The molecule has 1 spiro atoms. The van der Waals surface area contributed by atoms with Crippen molar-refractivity contribution in [1.82, 2.24) is 15.0 Å². The SMILES string of the molecule is c1ccc(-c2cccc(-c3nc(-c4ccc(-c5cccc(-c6cccc(-c7ccc8c(c7)C7(CCCCC7)c7ccccc7-8)c6)c5)cc4)nc(-c4cccc(-c5ccccc5)c4)n3)c2)cc1. The molecule has 3 heteroatoms. The Balaban J connectivity index is 0.869. The second-order valence-electron chi connectivity index (χ2n) is 17.9. The Morgan fingerprint density at radius 3 is 1.12 bits per heavy atom. The first-order chi connectivity index (χ1) is 32.6. The maximum absolute atomic E-state index is 5.14. The molecular formula is C63H47N3. The lowest BCUT2D eigenvalue weighted by molar-refractivity contribution is 0.353. The molecule has 0 atom stereocenters. The summed E-state index contributed by atoms with van der Waals surface area (Å²) in [6.07, 6.45) is 6.39. The standard InChI is InChI=1S/C63H47N3/c1-4-16-43(17-5-1)48-21-14-26-54(40-48)61-64-60(65-62(66-61)55-27-15-22-49(41-55)44-18-6-2-7-19-44)46-32-30-45(31-33-46)47-20-12-23-50(38-47)51-24-13-25-52(39-51)53-34-35-57-56-28-8-9-29-58(56)63(59(57)42-53)36-10-3-11-37-63/h1-2,4-9,12-35,38-42H,3,10-11,36-37H2. The van der Waals surface area contributed by atoms with Crippen molar-refractivity contribution in [1.29, 1.82) is 0 Å². The first kappa shape index (κ1) is 39.6. The Kier molecular flexibility index (Phi) is 10.1. The van der Waals surface area contributed by atoms with Gasteiger partial charge in [0, 0.05) is 22.1 Å². The van der Waals surface area contributed by atoms with Crippen LogP contribution in [0.15, 0.2) is 224 Å². The highest BCUT2D eigenvalue weighted by molar-refractivity contribution is 5.85. The fraction of sp³-hybridized carbons (Fsp3) is 0.0952. The van der Waals surface area contributed by atoms with Crippen LogP contribution in [0.5, 0.6) is 0 Å². The molecule has 12 rings (SSSR count). The zero-order chi connectivity index (χ0) is 43.9. The highest BCUT2D eigenvalue weighted by Crippen LogP contribution is 2.56. The van der Waals surface area contributed by atoms with Gasteiger partial charge in [-0.25, -0.2) is 15.0 Å². The zero-order valence-electron chi connectivity index (χ0n) is 36.7. The predicted molar refractivity (Wildman–Crippen MR) is 273 cm³/mol. The van der Waals surface area contributed by atoms with E-state index in [9.17, 15) is 0 Å². The monoisotopic (exact) mass is 845 g/mol. The van der Waals surface area contributed by atoms with Gasteiger partial charge in [0.25, 0.3) is 0 Å². The van der Waals surface area contributed by atoms with Crippen LogP contribution in [0, 0.1) is 0 Å². The lowest BCUT2D eigenvalue weighted by Crippen LogP contribution is -2.28. The smallest absolute Gasteiger partial charge is 0.164 e. The molecule has 314 valence electrons. The lowest BCUT2D eigenvalue weighted by Gasteiger charge is -2.36. The summed E-state index contributed by atoms with van der Waals surface area (Å²) in [6, 6.07) is 80.8. The summed E-state index contributed by atoms with van der Waals surface area (Å²) in [6.45, 7) is 0. The molecule has 1 fully saturated rings. The van der Waals surface area contributed by atoms with Crippen LogP contribution in [0.2, 0.25) is 0 Å². The van der Waals surface area contributed by atoms with Gasteiger partial charge in [-0.15, -0.1) is 0 Å². The van der Waals surface area contributed by atoms with Crippen LogP contribution in [0.3, 0.4) is 0 Å². The molecule has 2 aliphatic carbocycles. The van der Waals surface area contributed by atoms with E-state index in [1.165, 1.54) is 76.6 Å². The van der Waals surface area contributed by atoms with E-state index in [-0.39, 0.29) is 5.41 Å². The van der Waals surface area contributed by atoms with Gasteiger partial charge in [-0.05, 0) is 121 Å². The number of benzene rings is 9. The summed E-state index contributed by atoms with van der Waals surface area (Å²) in [5.74, 6) is 1.90. The topological polar surface area (TPSA) is 38.7 Å². The molecule has 0 bridgehead atoms. The maximum Gasteiger partial charge on any atom is 0.164 e. The van der Waals surface area contributed by atoms with Crippen LogP contribution in [-0.2, 0) is 5.41 Å². The Labute approximate surface area is 387 Å². The van der Waals surface area contributed by atoms with Crippen molar-refractivity contribution in [2.75, 3.05) is 0 Å². The zero-order valence-corrected chi connectivity index (χ0v) is 36.7. The largest absolute Gasteiger partial charge is 0.208 e. The number of nitrogens with zero attached hydrogens (tertiary/aromatic N) is 3. The number of hydrogen-bond donors (Lipinski definition) is 0. The van der Waals surface area contributed by atoms with Crippen LogP contribution in [0.4, 0.5) is 0 Å². The molecule has 10 aromatic rings. The van der Waals surface area contributed by atoms with Crippen molar-refractivity contribution in [2.45, 2.75) is 37.5 Å². The minimum atomic E-state index is 0.138. The molecule has 0 saturated heterocycles. The second-order valence-corrected chi connectivity index (χ2v) is 17.9. The van der Waals surface area contributed by atoms with E-state index in [0.29, 0.717) is 17.5 Å². The Morgan fingerprint density at radius 1 is 0.242 bits per heavy atom. The van der Waals surface area contributed by atoms with Gasteiger partial charge >= 0.3 is 0 Å². The first-order valence-corrected chi connectivity index (χ1v) is 23.3. The van der Waals surface area contributed by atoms with Crippen LogP contribution in [0.25, 0.3) is 101 Å². The van der Waals surface area contributed by atoms with Gasteiger partial charge in [-0.1, -0.05) is 213 Å². The van der Waals surface area contributed by atoms with Crippen molar-refractivity contribution in [2.24, 2.45) is 0 Å².